The van der Waals surface area contributed by atoms with Crippen LogP contribution in [0.25, 0.3) is 115 Å². The van der Waals surface area contributed by atoms with Crippen LogP contribution in [-0.4, -0.2) is 14.4 Å². The Morgan fingerprint density at radius 3 is 1.70 bits per heavy atom. The average Bonchev–Trinajstić information content (AvgIpc) is 4.46. The van der Waals surface area contributed by atoms with Gasteiger partial charge in [0, 0.05) is 94.1 Å². The molecule has 0 amide bonds. The average molecular weight is 1100 g/mol. The zero-order valence-corrected chi connectivity index (χ0v) is 48.8. The van der Waals surface area contributed by atoms with Crippen molar-refractivity contribution in [2.45, 2.75) is 70.6 Å². The van der Waals surface area contributed by atoms with E-state index in [2.05, 4.69) is 240 Å². The van der Waals surface area contributed by atoms with Gasteiger partial charge < -0.3 is 9.13 Å². The first-order valence-electron chi connectivity index (χ1n) is 27.2. The molecule has 0 spiro atoms. The van der Waals surface area contributed by atoms with Crippen LogP contribution in [0.1, 0.15) is 54.2 Å². The predicted molar refractivity (Wildman–Crippen MR) is 349 cm³/mol. The van der Waals surface area contributed by atoms with Crippen LogP contribution in [0.15, 0.2) is 192 Å². The molecule has 5 heterocycles. The number of thioether (sulfide) groups is 1. The lowest BCUT2D eigenvalue weighted by Gasteiger charge is -2.40. The summed E-state index contributed by atoms with van der Waals surface area (Å²) in [6, 6.07) is 65.6. The molecule has 14 rings (SSSR count). The third-order valence-corrected chi connectivity index (χ3v) is 22.3. The van der Waals surface area contributed by atoms with Crippen LogP contribution in [0.4, 0.5) is 0 Å². The number of aryl methyl sites for hydroxylation is 4. The van der Waals surface area contributed by atoms with Crippen LogP contribution < -0.4 is 0 Å². The fraction of sp³-hybridized carbons (Fsp3) is 0.139. The summed E-state index contributed by atoms with van der Waals surface area (Å²) in [4.78, 5) is 1.13. The van der Waals surface area contributed by atoms with Crippen LogP contribution in [0.3, 0.4) is 0 Å². The number of aromatic nitrogens is 2. The zero-order chi connectivity index (χ0) is 54.9. The number of rotatable bonds is 10. The molecule has 0 saturated heterocycles. The van der Waals surface area contributed by atoms with Crippen molar-refractivity contribution in [3.63, 3.8) is 0 Å². The highest BCUT2D eigenvalue weighted by atomic mass is 32.2. The first-order chi connectivity index (χ1) is 38.9. The quantitative estimate of drug-likeness (QED) is 0.0593. The summed E-state index contributed by atoms with van der Waals surface area (Å²) in [6.45, 7) is 19.6. The molecule has 0 aliphatic rings. The third-order valence-electron chi connectivity index (χ3n) is 17.3. The maximum atomic E-state index is 12.9. The van der Waals surface area contributed by atoms with Crippen molar-refractivity contribution in [1.29, 1.82) is 10.5 Å². The largest absolute Gasteiger partial charge is 0.327 e. The van der Waals surface area contributed by atoms with Crippen LogP contribution in [-0.2, 0) is 12.0 Å². The minimum atomic E-state index is -1.14. The Hall–Kier alpha value is -8.21. The zero-order valence-electron chi connectivity index (χ0n) is 45.6. The Morgan fingerprint density at radius 2 is 1.07 bits per heavy atom. The standard InChI is InChI=1S/C72H54N4S4/c1-9-18-46-19-10-14-23-62(46)77-45(7)72(8,76-61-36-43(5)41(3)34-56(61)52-29-31-54-49-21-12-17-26-65(49)80-71(54)69(52)76)59(39-74)67(47-27-32-66-57(37-47)50-22-13-15-24-63(50)78-66)58(38-73)44(6)75-60-35-42(4)40(2)33-55(60)51-28-30-53-48-20-11-16-25-64(48)79-70(53)68(51)75/h9-17,19-37,45H,1,18H2,2-8H3/b58-44+,67-59-. The Morgan fingerprint density at radius 1 is 0.562 bits per heavy atom. The van der Waals surface area contributed by atoms with Gasteiger partial charge in [0.05, 0.1) is 54.2 Å². The van der Waals surface area contributed by atoms with Gasteiger partial charge >= 0.3 is 0 Å². The first kappa shape index (κ1) is 50.0. The van der Waals surface area contributed by atoms with E-state index in [9.17, 15) is 10.5 Å². The van der Waals surface area contributed by atoms with Crippen molar-refractivity contribution in [2.24, 2.45) is 0 Å². The summed E-state index contributed by atoms with van der Waals surface area (Å²) in [7, 11) is 0. The van der Waals surface area contributed by atoms with Gasteiger partial charge in [-0.15, -0.1) is 52.4 Å². The molecule has 386 valence electrons. The maximum Gasteiger partial charge on any atom is 0.102 e. The molecule has 4 nitrogen and oxygen atoms in total. The van der Waals surface area contributed by atoms with E-state index < -0.39 is 5.54 Å². The van der Waals surface area contributed by atoms with Gasteiger partial charge in [-0.3, -0.25) is 0 Å². The summed E-state index contributed by atoms with van der Waals surface area (Å²) in [6.07, 6.45) is 2.67. The second kappa shape index (κ2) is 19.0. The minimum absolute atomic E-state index is 0.300. The topological polar surface area (TPSA) is 57.4 Å². The van der Waals surface area contributed by atoms with Crippen LogP contribution in [0, 0.1) is 50.4 Å². The molecule has 0 N–H and O–H groups in total. The molecule has 14 aromatic rings. The first-order valence-corrected chi connectivity index (χ1v) is 30.5. The molecule has 9 aromatic carbocycles. The highest BCUT2D eigenvalue weighted by Gasteiger charge is 2.44. The van der Waals surface area contributed by atoms with Gasteiger partial charge in [-0.25, -0.2) is 0 Å². The molecule has 0 radical (unpaired) electrons. The Labute approximate surface area is 481 Å². The molecule has 0 fully saturated rings. The normalized spacial score (nSPS) is 14.0. The number of benzene rings is 9. The summed E-state index contributed by atoms with van der Waals surface area (Å²) in [5.41, 5.74) is 12.2. The van der Waals surface area contributed by atoms with E-state index in [-0.39, 0.29) is 5.25 Å². The van der Waals surface area contributed by atoms with Crippen molar-refractivity contribution in [2.75, 3.05) is 0 Å². The van der Waals surface area contributed by atoms with Gasteiger partial charge in [-0.05, 0) is 142 Å². The Bertz CT molecular complexity index is 5170. The molecular weight excluding hydrogens is 1050 g/mol. The van der Waals surface area contributed by atoms with Crippen molar-refractivity contribution in [3.05, 3.63) is 221 Å². The second-order valence-corrected chi connectivity index (χ2v) is 26.3. The van der Waals surface area contributed by atoms with E-state index in [1.165, 1.54) is 72.9 Å². The molecule has 0 aliphatic carbocycles. The van der Waals surface area contributed by atoms with E-state index in [0.29, 0.717) is 23.1 Å². The molecule has 0 bridgehead atoms. The maximum absolute atomic E-state index is 12.9. The molecular formula is C72H54N4S4. The lowest BCUT2D eigenvalue weighted by atomic mass is 9.80. The summed E-state index contributed by atoms with van der Waals surface area (Å²) >= 11 is 7.19. The molecule has 2 atom stereocenters. The number of hydrogen-bond acceptors (Lipinski definition) is 6. The molecule has 2 unspecified atom stereocenters. The van der Waals surface area contributed by atoms with Gasteiger partial charge in [0.25, 0.3) is 0 Å². The number of fused-ring (bicyclic) bond motifs is 17. The van der Waals surface area contributed by atoms with E-state index >= 15 is 0 Å². The molecule has 0 aliphatic heterocycles. The van der Waals surface area contributed by atoms with Gasteiger partial charge in [-0.1, -0.05) is 116 Å². The van der Waals surface area contributed by atoms with Gasteiger partial charge in [0.15, 0.2) is 0 Å². The summed E-state index contributed by atoms with van der Waals surface area (Å²) < 4.78 is 12.0. The van der Waals surface area contributed by atoms with Crippen LogP contribution >= 0.6 is 45.8 Å². The Balaban J connectivity index is 1.19. The van der Waals surface area contributed by atoms with Crippen LogP contribution in [0.5, 0.6) is 0 Å². The Kier molecular flexibility index (Phi) is 11.9. The molecule has 0 saturated carbocycles. The van der Waals surface area contributed by atoms with E-state index in [4.69, 9.17) is 0 Å². The monoisotopic (exact) mass is 1100 g/mol. The molecule has 80 heavy (non-hydrogen) atoms. The second-order valence-electron chi connectivity index (χ2n) is 21.7. The third kappa shape index (κ3) is 7.36. The number of nitriles is 2. The molecule has 8 heteroatoms. The summed E-state index contributed by atoms with van der Waals surface area (Å²) in [5, 5.41) is 36.7. The minimum Gasteiger partial charge on any atom is -0.327 e. The highest BCUT2D eigenvalue weighted by molar-refractivity contribution is 8.00. The van der Waals surface area contributed by atoms with Crippen molar-refractivity contribution in [3.8, 4) is 12.1 Å². The van der Waals surface area contributed by atoms with Gasteiger partial charge in [0.2, 0.25) is 0 Å². The van der Waals surface area contributed by atoms with Gasteiger partial charge in [0.1, 0.15) is 6.07 Å². The number of nitrogens with zero attached hydrogens (tertiary/aromatic N) is 4. The van der Waals surface area contributed by atoms with Crippen molar-refractivity contribution < 1.29 is 0 Å². The lowest BCUT2D eigenvalue weighted by molar-refractivity contribution is 0.416. The van der Waals surface area contributed by atoms with Crippen LogP contribution in [0.2, 0.25) is 0 Å². The SMILES string of the molecule is C=CCc1ccccc1SC(C)C(C)(/C(C#N)=C(\C(C#N)=C(/C)n1c2cc(C)c(C)cc2c2ccc3c4ccccc4sc3c21)c1ccc2sc3ccccc3c2c1)n1c2cc(C)c(C)cc2c2ccc3c4ccccc4sc3c21. The highest BCUT2D eigenvalue weighted by Crippen LogP contribution is 2.53. The number of thiophene rings is 3. The number of hydrogen-bond donors (Lipinski definition) is 0. The predicted octanol–water partition coefficient (Wildman–Crippen LogP) is 21.3. The fourth-order valence-corrected chi connectivity index (χ4v) is 17.7. The number of allylic oxidation sites excluding steroid dienone is 5. The van der Waals surface area contributed by atoms with E-state index in [0.717, 1.165) is 75.2 Å². The summed E-state index contributed by atoms with van der Waals surface area (Å²) in [5.74, 6) is 0. The molecule has 5 aromatic heterocycles. The van der Waals surface area contributed by atoms with Crippen molar-refractivity contribution >= 4 is 161 Å². The smallest absolute Gasteiger partial charge is 0.102 e. The lowest BCUT2D eigenvalue weighted by Crippen LogP contribution is -2.41. The van der Waals surface area contributed by atoms with E-state index in [1.807, 2.05) is 17.4 Å². The van der Waals surface area contributed by atoms with E-state index in [1.54, 1.807) is 34.4 Å². The van der Waals surface area contributed by atoms with Gasteiger partial charge in [-0.2, -0.15) is 10.5 Å². The fourth-order valence-electron chi connectivity index (χ4n) is 12.8. The van der Waals surface area contributed by atoms with Crippen molar-refractivity contribution in [1.82, 2.24) is 9.13 Å².